The van der Waals surface area contributed by atoms with Gasteiger partial charge in [0.15, 0.2) is 17.1 Å². The molecule has 0 unspecified atom stereocenters. The number of carbonyl (C=O) groups is 2. The molecule has 8 heteroatoms. The number of hydrogen-bond donors (Lipinski definition) is 2. The molecule has 1 saturated heterocycles. The number of rotatable bonds is 2. The number of carboxylic acids is 1. The van der Waals surface area contributed by atoms with Gasteiger partial charge in [-0.2, -0.15) is 0 Å². The molecule has 2 heterocycles. The van der Waals surface area contributed by atoms with E-state index in [-0.39, 0.29) is 31.8 Å². The molecule has 23 heavy (non-hydrogen) atoms. The van der Waals surface area contributed by atoms with Gasteiger partial charge < -0.3 is 24.6 Å². The van der Waals surface area contributed by atoms with E-state index in [1.165, 1.54) is 4.90 Å². The van der Waals surface area contributed by atoms with Crippen molar-refractivity contribution in [1.29, 1.82) is 0 Å². The fourth-order valence-electron chi connectivity index (χ4n) is 2.71. The van der Waals surface area contributed by atoms with Crippen molar-refractivity contribution in [1.82, 2.24) is 4.90 Å². The van der Waals surface area contributed by atoms with E-state index in [2.05, 4.69) is 15.9 Å². The molecule has 0 bridgehead atoms. The van der Waals surface area contributed by atoms with Gasteiger partial charge in [0.2, 0.25) is 0 Å². The van der Waals surface area contributed by atoms with Crippen LogP contribution in [-0.4, -0.2) is 58.9 Å². The number of ether oxygens (including phenoxy) is 2. The van der Waals surface area contributed by atoms with Crippen LogP contribution >= 0.6 is 15.9 Å². The third kappa shape index (κ3) is 3.00. The van der Waals surface area contributed by atoms with E-state index in [0.717, 1.165) is 0 Å². The highest BCUT2D eigenvalue weighted by Crippen LogP contribution is 2.39. The standard InChI is InChI=1S/C15H16BrNO6/c16-10-7-9(8-11-12(10)23-6-5-22-11)13(18)17-3-1-15(21,2-4-17)14(19)20/h7-8,21H,1-6H2,(H,19,20). The molecule has 0 aliphatic carbocycles. The van der Waals surface area contributed by atoms with Crippen LogP contribution < -0.4 is 9.47 Å². The lowest BCUT2D eigenvalue weighted by Crippen LogP contribution is -2.50. The first-order valence-corrected chi connectivity index (χ1v) is 8.04. The first-order valence-electron chi connectivity index (χ1n) is 7.25. The van der Waals surface area contributed by atoms with Crippen molar-refractivity contribution in [2.45, 2.75) is 18.4 Å². The quantitative estimate of drug-likeness (QED) is 0.795. The van der Waals surface area contributed by atoms with Gasteiger partial charge in [-0.1, -0.05) is 0 Å². The highest BCUT2D eigenvalue weighted by molar-refractivity contribution is 9.10. The number of amides is 1. The summed E-state index contributed by atoms with van der Waals surface area (Å²) in [5.74, 6) is -0.387. The number of halogens is 1. The average molecular weight is 386 g/mol. The minimum Gasteiger partial charge on any atom is -0.486 e. The predicted molar refractivity (Wildman–Crippen MR) is 82.9 cm³/mol. The number of piperidine rings is 1. The van der Waals surface area contributed by atoms with Crippen LogP contribution in [0, 0.1) is 0 Å². The van der Waals surface area contributed by atoms with E-state index in [1.54, 1.807) is 12.1 Å². The summed E-state index contributed by atoms with van der Waals surface area (Å²) < 4.78 is 11.6. The number of benzene rings is 1. The third-order valence-electron chi connectivity index (χ3n) is 4.12. The van der Waals surface area contributed by atoms with Crippen molar-refractivity contribution in [2.24, 2.45) is 0 Å². The van der Waals surface area contributed by atoms with E-state index >= 15 is 0 Å². The van der Waals surface area contributed by atoms with Gasteiger partial charge in [0, 0.05) is 31.5 Å². The smallest absolute Gasteiger partial charge is 0.335 e. The summed E-state index contributed by atoms with van der Waals surface area (Å²) in [5.41, 5.74) is -1.31. The molecule has 1 aromatic rings. The lowest BCUT2D eigenvalue weighted by Gasteiger charge is -2.35. The van der Waals surface area contributed by atoms with E-state index in [0.29, 0.717) is 34.7 Å². The van der Waals surface area contributed by atoms with Crippen LogP contribution in [0.25, 0.3) is 0 Å². The van der Waals surface area contributed by atoms with E-state index in [9.17, 15) is 14.7 Å². The molecule has 0 aromatic heterocycles. The van der Waals surface area contributed by atoms with E-state index < -0.39 is 11.6 Å². The SMILES string of the molecule is O=C(c1cc(Br)c2c(c1)OCCO2)N1CCC(O)(C(=O)O)CC1. The maximum atomic E-state index is 12.6. The minimum absolute atomic E-state index is 0.0137. The molecular formula is C15H16BrNO6. The van der Waals surface area contributed by atoms with Crippen molar-refractivity contribution in [2.75, 3.05) is 26.3 Å². The summed E-state index contributed by atoms with van der Waals surface area (Å²) in [6.07, 6.45) is 0.0274. The summed E-state index contributed by atoms with van der Waals surface area (Å²) in [6.45, 7) is 1.26. The number of aliphatic carboxylic acids is 1. The molecule has 7 nitrogen and oxygen atoms in total. The number of likely N-dealkylation sites (tertiary alicyclic amines) is 1. The lowest BCUT2D eigenvalue weighted by atomic mass is 9.91. The highest BCUT2D eigenvalue weighted by atomic mass is 79.9. The Hall–Kier alpha value is -1.80. The largest absolute Gasteiger partial charge is 0.486 e. The molecule has 124 valence electrons. The number of nitrogens with zero attached hydrogens (tertiary/aromatic N) is 1. The number of hydrogen-bond acceptors (Lipinski definition) is 5. The average Bonchev–Trinajstić information content (AvgIpc) is 2.55. The molecule has 3 rings (SSSR count). The lowest BCUT2D eigenvalue weighted by molar-refractivity contribution is -0.162. The zero-order valence-electron chi connectivity index (χ0n) is 12.2. The predicted octanol–water partition coefficient (Wildman–Crippen LogP) is 1.27. The molecule has 0 saturated carbocycles. The van der Waals surface area contributed by atoms with Crippen molar-refractivity contribution >= 4 is 27.8 Å². The fraction of sp³-hybridized carbons (Fsp3) is 0.467. The summed E-state index contributed by atoms with van der Waals surface area (Å²) in [7, 11) is 0. The van der Waals surface area contributed by atoms with Crippen LogP contribution in [0.5, 0.6) is 11.5 Å². The number of carboxylic acid groups (broad SMARTS) is 1. The van der Waals surface area contributed by atoms with Gasteiger partial charge in [0.25, 0.3) is 5.91 Å². The second-order valence-electron chi connectivity index (χ2n) is 5.61. The zero-order valence-corrected chi connectivity index (χ0v) is 13.8. The second kappa shape index (κ2) is 6.01. The Bertz CT molecular complexity index is 654. The van der Waals surface area contributed by atoms with Gasteiger partial charge in [-0.3, -0.25) is 4.79 Å². The summed E-state index contributed by atoms with van der Waals surface area (Å²) in [6, 6.07) is 3.29. The third-order valence-corrected chi connectivity index (χ3v) is 4.71. The zero-order chi connectivity index (χ0) is 16.6. The van der Waals surface area contributed by atoms with Gasteiger partial charge >= 0.3 is 5.97 Å². The maximum Gasteiger partial charge on any atom is 0.335 e. The molecule has 2 N–H and O–H groups in total. The molecule has 0 spiro atoms. The summed E-state index contributed by atoms with van der Waals surface area (Å²) in [4.78, 5) is 25.2. The molecule has 2 aliphatic rings. The fourth-order valence-corrected chi connectivity index (χ4v) is 3.27. The van der Waals surface area contributed by atoms with Gasteiger partial charge in [-0.15, -0.1) is 0 Å². The normalized spacial score (nSPS) is 19.3. The van der Waals surface area contributed by atoms with Crippen molar-refractivity contribution < 1.29 is 29.3 Å². The molecule has 0 radical (unpaired) electrons. The van der Waals surface area contributed by atoms with Crippen molar-refractivity contribution in [3.8, 4) is 11.5 Å². The van der Waals surface area contributed by atoms with Gasteiger partial charge in [-0.25, -0.2) is 4.79 Å². The number of fused-ring (bicyclic) bond motifs is 1. The molecular weight excluding hydrogens is 370 g/mol. The first-order chi connectivity index (χ1) is 10.9. The Morgan fingerprint density at radius 2 is 1.83 bits per heavy atom. The van der Waals surface area contributed by atoms with Crippen LogP contribution in [0.3, 0.4) is 0 Å². The summed E-state index contributed by atoms with van der Waals surface area (Å²) in [5, 5.41) is 19.0. The molecule has 1 aromatic carbocycles. The molecule has 2 aliphatic heterocycles. The monoisotopic (exact) mass is 385 g/mol. The van der Waals surface area contributed by atoms with E-state index in [1.807, 2.05) is 0 Å². The Balaban J connectivity index is 1.77. The Kier molecular flexibility index (Phi) is 4.20. The molecule has 1 amide bonds. The molecule has 0 atom stereocenters. The Morgan fingerprint density at radius 3 is 2.48 bits per heavy atom. The number of carbonyl (C=O) groups excluding carboxylic acids is 1. The maximum absolute atomic E-state index is 12.6. The van der Waals surface area contributed by atoms with Gasteiger partial charge in [0.05, 0.1) is 4.47 Å². The van der Waals surface area contributed by atoms with E-state index in [4.69, 9.17) is 14.6 Å². The topological polar surface area (TPSA) is 96.3 Å². The minimum atomic E-state index is -1.75. The second-order valence-corrected chi connectivity index (χ2v) is 6.47. The Morgan fingerprint density at radius 1 is 1.17 bits per heavy atom. The van der Waals surface area contributed by atoms with Crippen molar-refractivity contribution in [3.63, 3.8) is 0 Å². The highest BCUT2D eigenvalue weighted by Gasteiger charge is 2.40. The van der Waals surface area contributed by atoms with Crippen LogP contribution in [0.2, 0.25) is 0 Å². The van der Waals surface area contributed by atoms with Gasteiger partial charge in [-0.05, 0) is 28.1 Å². The molecule has 1 fully saturated rings. The van der Waals surface area contributed by atoms with Gasteiger partial charge in [0.1, 0.15) is 13.2 Å². The Labute approximate surface area is 140 Å². The van der Waals surface area contributed by atoms with Crippen LogP contribution in [0.4, 0.5) is 0 Å². The first kappa shape index (κ1) is 16.1. The van der Waals surface area contributed by atoms with Crippen LogP contribution in [0.15, 0.2) is 16.6 Å². The summed E-state index contributed by atoms with van der Waals surface area (Å²) >= 11 is 3.37. The number of aliphatic hydroxyl groups is 1. The van der Waals surface area contributed by atoms with Crippen molar-refractivity contribution in [3.05, 3.63) is 22.2 Å². The van der Waals surface area contributed by atoms with Crippen LogP contribution in [0.1, 0.15) is 23.2 Å². The van der Waals surface area contributed by atoms with Crippen LogP contribution in [-0.2, 0) is 4.79 Å².